The van der Waals surface area contributed by atoms with Crippen molar-refractivity contribution in [2.75, 3.05) is 26.3 Å². The van der Waals surface area contributed by atoms with Crippen LogP contribution in [-0.4, -0.2) is 53.1 Å². The first-order valence-corrected chi connectivity index (χ1v) is 8.56. The Balaban J connectivity index is 1.64. The van der Waals surface area contributed by atoms with Crippen molar-refractivity contribution in [3.63, 3.8) is 0 Å². The van der Waals surface area contributed by atoms with Crippen LogP contribution in [0.25, 0.3) is 0 Å². The lowest BCUT2D eigenvalue weighted by Crippen LogP contribution is -2.54. The molecule has 1 aromatic carbocycles. The van der Waals surface area contributed by atoms with E-state index in [1.165, 1.54) is 0 Å². The highest BCUT2D eigenvalue weighted by Crippen LogP contribution is 2.36. The van der Waals surface area contributed by atoms with E-state index in [4.69, 9.17) is 9.47 Å². The summed E-state index contributed by atoms with van der Waals surface area (Å²) >= 11 is 0. The summed E-state index contributed by atoms with van der Waals surface area (Å²) in [6.07, 6.45) is 2.49. The van der Waals surface area contributed by atoms with E-state index in [1.54, 1.807) is 0 Å². The van der Waals surface area contributed by atoms with E-state index in [2.05, 4.69) is 4.90 Å². The fourth-order valence-electron chi connectivity index (χ4n) is 3.75. The van der Waals surface area contributed by atoms with Crippen LogP contribution in [0.15, 0.2) is 18.2 Å². The average Bonchev–Trinajstić information content (AvgIpc) is 3.03. The van der Waals surface area contributed by atoms with Crippen LogP contribution in [0.4, 0.5) is 0 Å². The van der Waals surface area contributed by atoms with Crippen LogP contribution in [0.2, 0.25) is 0 Å². The second kappa shape index (κ2) is 7.18. The molecule has 1 spiro atoms. The molecule has 3 rings (SSSR count). The molecule has 1 aromatic rings. The van der Waals surface area contributed by atoms with Crippen molar-refractivity contribution in [2.24, 2.45) is 0 Å². The van der Waals surface area contributed by atoms with Crippen molar-refractivity contribution < 1.29 is 19.7 Å². The maximum absolute atomic E-state index is 10.5. The first-order chi connectivity index (χ1) is 11.2. The first-order valence-electron chi connectivity index (χ1n) is 8.56. The smallest absolute Gasteiger partial charge is 0.124 e. The summed E-state index contributed by atoms with van der Waals surface area (Å²) in [5.74, 6) is 0.746. The molecule has 2 saturated heterocycles. The molecule has 2 heterocycles. The summed E-state index contributed by atoms with van der Waals surface area (Å²) in [5.41, 5.74) is 1.65. The number of piperidine rings is 1. The molecule has 128 valence electrons. The summed E-state index contributed by atoms with van der Waals surface area (Å²) in [7, 11) is 0. The van der Waals surface area contributed by atoms with Crippen molar-refractivity contribution in [3.8, 4) is 5.75 Å². The minimum atomic E-state index is -0.418. The fourth-order valence-corrected chi connectivity index (χ4v) is 3.75. The van der Waals surface area contributed by atoms with Crippen LogP contribution in [0.3, 0.4) is 0 Å². The average molecular weight is 321 g/mol. The molecule has 2 N–H and O–H groups in total. The van der Waals surface area contributed by atoms with Gasteiger partial charge in [-0.3, -0.25) is 4.90 Å². The number of rotatable bonds is 5. The van der Waals surface area contributed by atoms with Gasteiger partial charge in [0, 0.05) is 31.8 Å². The quantitative estimate of drug-likeness (QED) is 0.864. The second-order valence-corrected chi connectivity index (χ2v) is 6.55. The van der Waals surface area contributed by atoms with Gasteiger partial charge < -0.3 is 19.7 Å². The zero-order valence-electron chi connectivity index (χ0n) is 13.8. The highest BCUT2D eigenvalue weighted by molar-refractivity contribution is 5.37. The van der Waals surface area contributed by atoms with Gasteiger partial charge in [-0.05, 0) is 43.9 Å². The molecule has 0 amide bonds. The number of nitrogens with zero attached hydrogens (tertiary/aromatic N) is 1. The molecule has 0 aromatic heterocycles. The molecule has 0 saturated carbocycles. The molecular formula is C18H27NO4. The maximum atomic E-state index is 10.5. The largest absolute Gasteiger partial charge is 0.494 e. The van der Waals surface area contributed by atoms with Crippen LogP contribution in [0.5, 0.6) is 5.75 Å². The van der Waals surface area contributed by atoms with E-state index in [9.17, 15) is 10.2 Å². The minimum Gasteiger partial charge on any atom is -0.494 e. The standard InChI is InChI=1S/C18H27NO4/c1-2-22-16-5-4-14(10-15(16)13-20)11-19-8-7-18(17(21)12-19)6-3-9-23-18/h4-5,10,17,20-21H,2-3,6-9,11-13H2,1H3/t17-,18-/m0/s1. The Labute approximate surface area is 137 Å². The number of hydrogen-bond donors (Lipinski definition) is 2. The van der Waals surface area contributed by atoms with Gasteiger partial charge in [-0.1, -0.05) is 6.07 Å². The number of β-amino-alcohol motifs (C(OH)–C–C–N with tert-alkyl or cyclic N) is 1. The molecule has 23 heavy (non-hydrogen) atoms. The zero-order chi connectivity index (χ0) is 16.3. The van der Waals surface area contributed by atoms with E-state index < -0.39 is 6.10 Å². The summed E-state index contributed by atoms with van der Waals surface area (Å²) in [5, 5.41) is 20.0. The van der Waals surface area contributed by atoms with Gasteiger partial charge in [-0.15, -0.1) is 0 Å². The predicted octanol–water partition coefficient (Wildman–Crippen LogP) is 1.69. The topological polar surface area (TPSA) is 62.2 Å². The second-order valence-electron chi connectivity index (χ2n) is 6.55. The van der Waals surface area contributed by atoms with E-state index in [0.717, 1.165) is 55.8 Å². The van der Waals surface area contributed by atoms with Gasteiger partial charge in [0.25, 0.3) is 0 Å². The van der Waals surface area contributed by atoms with Gasteiger partial charge in [0.2, 0.25) is 0 Å². The number of hydrogen-bond acceptors (Lipinski definition) is 5. The monoisotopic (exact) mass is 321 g/mol. The van der Waals surface area contributed by atoms with E-state index >= 15 is 0 Å². The lowest BCUT2D eigenvalue weighted by atomic mass is 9.86. The van der Waals surface area contributed by atoms with Gasteiger partial charge in [0.05, 0.1) is 24.9 Å². The van der Waals surface area contributed by atoms with Crippen molar-refractivity contribution in [1.29, 1.82) is 0 Å². The third-order valence-corrected chi connectivity index (χ3v) is 5.02. The van der Waals surface area contributed by atoms with Crippen molar-refractivity contribution in [1.82, 2.24) is 4.90 Å². The molecule has 5 nitrogen and oxygen atoms in total. The molecule has 2 aliphatic heterocycles. The normalized spacial score (nSPS) is 28.4. The first kappa shape index (κ1) is 16.7. The Kier molecular flexibility index (Phi) is 5.21. The molecule has 0 bridgehead atoms. The van der Waals surface area contributed by atoms with Crippen LogP contribution in [0.1, 0.15) is 37.3 Å². The molecular weight excluding hydrogens is 294 g/mol. The van der Waals surface area contributed by atoms with Crippen molar-refractivity contribution >= 4 is 0 Å². The Bertz CT molecular complexity index is 528. The fraction of sp³-hybridized carbons (Fsp3) is 0.667. The van der Waals surface area contributed by atoms with Gasteiger partial charge in [-0.25, -0.2) is 0 Å². The van der Waals surface area contributed by atoms with Crippen molar-refractivity contribution in [2.45, 2.75) is 51.0 Å². The van der Waals surface area contributed by atoms with Gasteiger partial charge in [0.15, 0.2) is 0 Å². The highest BCUT2D eigenvalue weighted by atomic mass is 16.5. The van der Waals surface area contributed by atoms with Crippen LogP contribution in [-0.2, 0) is 17.9 Å². The Morgan fingerprint density at radius 3 is 2.91 bits per heavy atom. The van der Waals surface area contributed by atoms with E-state index in [-0.39, 0.29) is 12.2 Å². The summed E-state index contributed by atoms with van der Waals surface area (Å²) < 4.78 is 11.4. The SMILES string of the molecule is CCOc1ccc(CN2CC[C@@]3(CCCO3)[C@@H](O)C2)cc1CO. The van der Waals surface area contributed by atoms with Crippen LogP contribution < -0.4 is 4.74 Å². The third kappa shape index (κ3) is 3.53. The summed E-state index contributed by atoms with van der Waals surface area (Å²) in [6.45, 7) is 5.61. The Morgan fingerprint density at radius 1 is 1.39 bits per heavy atom. The van der Waals surface area contributed by atoms with E-state index in [0.29, 0.717) is 13.2 Å². The number of ether oxygens (including phenoxy) is 2. The Morgan fingerprint density at radius 2 is 2.26 bits per heavy atom. The molecule has 0 radical (unpaired) electrons. The molecule has 2 fully saturated rings. The molecule has 2 atom stereocenters. The summed E-state index contributed by atoms with van der Waals surface area (Å²) in [4.78, 5) is 2.26. The minimum absolute atomic E-state index is 0.0251. The number of likely N-dealkylation sites (tertiary alicyclic amines) is 1. The highest BCUT2D eigenvalue weighted by Gasteiger charge is 2.45. The van der Waals surface area contributed by atoms with Gasteiger partial charge >= 0.3 is 0 Å². The van der Waals surface area contributed by atoms with Crippen molar-refractivity contribution in [3.05, 3.63) is 29.3 Å². The zero-order valence-corrected chi connectivity index (χ0v) is 13.8. The number of aliphatic hydroxyl groups is 2. The number of benzene rings is 1. The third-order valence-electron chi connectivity index (χ3n) is 5.02. The summed E-state index contributed by atoms with van der Waals surface area (Å²) in [6, 6.07) is 5.95. The molecule has 0 aliphatic carbocycles. The molecule has 2 aliphatic rings. The van der Waals surface area contributed by atoms with E-state index in [1.807, 2.05) is 25.1 Å². The predicted molar refractivity (Wildman–Crippen MR) is 87.4 cm³/mol. The van der Waals surface area contributed by atoms with Gasteiger partial charge in [-0.2, -0.15) is 0 Å². The van der Waals surface area contributed by atoms with Crippen LogP contribution >= 0.6 is 0 Å². The lowest BCUT2D eigenvalue weighted by molar-refractivity contribution is -0.130. The lowest BCUT2D eigenvalue weighted by Gasteiger charge is -2.42. The number of aliphatic hydroxyl groups excluding tert-OH is 2. The maximum Gasteiger partial charge on any atom is 0.124 e. The molecule has 5 heteroatoms. The Hall–Kier alpha value is -1.14. The van der Waals surface area contributed by atoms with Crippen LogP contribution in [0, 0.1) is 0 Å². The molecule has 0 unspecified atom stereocenters. The van der Waals surface area contributed by atoms with Gasteiger partial charge in [0.1, 0.15) is 5.75 Å².